The summed E-state index contributed by atoms with van der Waals surface area (Å²) < 4.78 is 6.50. The summed E-state index contributed by atoms with van der Waals surface area (Å²) in [7, 11) is 0. The van der Waals surface area contributed by atoms with Crippen molar-refractivity contribution in [3.63, 3.8) is 0 Å². The van der Waals surface area contributed by atoms with Crippen molar-refractivity contribution in [2.45, 2.75) is 0 Å². The van der Waals surface area contributed by atoms with Crippen LogP contribution in [0.5, 0.6) is 11.5 Å². The van der Waals surface area contributed by atoms with Crippen LogP contribution in [0.25, 0.3) is 0 Å². The van der Waals surface area contributed by atoms with Crippen molar-refractivity contribution in [1.29, 1.82) is 5.26 Å². The van der Waals surface area contributed by atoms with E-state index in [9.17, 15) is 4.79 Å². The second kappa shape index (κ2) is 5.48. The fraction of sp³-hybridized carbons (Fsp3) is 0. The zero-order chi connectivity index (χ0) is 13.0. The Bertz CT molecular complexity index is 632. The first-order valence-electron chi connectivity index (χ1n) is 5.15. The lowest BCUT2D eigenvalue weighted by Crippen LogP contribution is -1.90. The molecule has 0 saturated heterocycles. The molecule has 0 spiro atoms. The zero-order valence-electron chi connectivity index (χ0n) is 9.26. The molecule has 0 aromatic heterocycles. The smallest absolute Gasteiger partial charge is 0.150 e. The molecule has 0 aliphatic heterocycles. The number of halogens is 1. The van der Waals surface area contributed by atoms with Crippen LogP contribution in [0.2, 0.25) is 0 Å². The quantitative estimate of drug-likeness (QED) is 0.807. The standard InChI is InChI=1S/C14H8BrNO2/c15-12-2-1-3-13(7-12)18-14-5-4-10(9-17)6-11(14)8-16/h1-7,9H. The van der Waals surface area contributed by atoms with Gasteiger partial charge in [-0.3, -0.25) is 4.79 Å². The molecule has 0 atom stereocenters. The summed E-state index contributed by atoms with van der Waals surface area (Å²) in [6.45, 7) is 0. The van der Waals surface area contributed by atoms with Crippen LogP contribution in [-0.2, 0) is 0 Å². The number of nitriles is 1. The van der Waals surface area contributed by atoms with Gasteiger partial charge in [0.2, 0.25) is 0 Å². The first kappa shape index (κ1) is 12.3. The highest BCUT2D eigenvalue weighted by atomic mass is 79.9. The van der Waals surface area contributed by atoms with Crippen molar-refractivity contribution >= 4 is 22.2 Å². The minimum atomic E-state index is 0.333. The van der Waals surface area contributed by atoms with Gasteiger partial charge in [0.25, 0.3) is 0 Å². The highest BCUT2D eigenvalue weighted by molar-refractivity contribution is 9.10. The Morgan fingerprint density at radius 1 is 1.22 bits per heavy atom. The SMILES string of the molecule is N#Cc1cc(C=O)ccc1Oc1cccc(Br)c1. The summed E-state index contributed by atoms with van der Waals surface area (Å²) >= 11 is 3.34. The maximum atomic E-state index is 10.6. The van der Waals surface area contributed by atoms with E-state index in [1.54, 1.807) is 24.3 Å². The van der Waals surface area contributed by atoms with Gasteiger partial charge in [-0.05, 0) is 36.4 Å². The third-order valence-electron chi connectivity index (χ3n) is 2.28. The van der Waals surface area contributed by atoms with Crippen molar-refractivity contribution in [3.05, 3.63) is 58.1 Å². The van der Waals surface area contributed by atoms with E-state index in [1.165, 1.54) is 6.07 Å². The first-order chi connectivity index (χ1) is 8.72. The van der Waals surface area contributed by atoms with Crippen LogP contribution in [0.15, 0.2) is 46.9 Å². The van der Waals surface area contributed by atoms with E-state index in [2.05, 4.69) is 15.9 Å². The topological polar surface area (TPSA) is 50.1 Å². The third kappa shape index (κ3) is 2.76. The second-order valence-electron chi connectivity index (χ2n) is 3.54. The number of hydrogen-bond acceptors (Lipinski definition) is 3. The summed E-state index contributed by atoms with van der Waals surface area (Å²) in [6, 6.07) is 14.0. The van der Waals surface area contributed by atoms with Crippen LogP contribution < -0.4 is 4.74 Å². The molecule has 4 heteroatoms. The zero-order valence-corrected chi connectivity index (χ0v) is 10.8. The number of nitrogens with zero attached hydrogens (tertiary/aromatic N) is 1. The van der Waals surface area contributed by atoms with E-state index in [0.29, 0.717) is 28.9 Å². The molecule has 18 heavy (non-hydrogen) atoms. The number of carbonyl (C=O) groups is 1. The molecule has 0 amide bonds. The fourth-order valence-electron chi connectivity index (χ4n) is 1.45. The maximum absolute atomic E-state index is 10.6. The average Bonchev–Trinajstić information content (AvgIpc) is 2.39. The molecule has 88 valence electrons. The van der Waals surface area contributed by atoms with E-state index in [1.807, 2.05) is 18.2 Å². The molecule has 0 saturated carbocycles. The van der Waals surface area contributed by atoms with E-state index >= 15 is 0 Å². The van der Waals surface area contributed by atoms with Gasteiger partial charge in [0.15, 0.2) is 0 Å². The van der Waals surface area contributed by atoms with Crippen molar-refractivity contribution in [3.8, 4) is 17.6 Å². The molecule has 0 radical (unpaired) electrons. The lowest BCUT2D eigenvalue weighted by Gasteiger charge is -2.07. The molecule has 2 aromatic rings. The minimum absolute atomic E-state index is 0.333. The Kier molecular flexibility index (Phi) is 3.75. The van der Waals surface area contributed by atoms with Crippen LogP contribution in [-0.4, -0.2) is 6.29 Å². The van der Waals surface area contributed by atoms with Gasteiger partial charge in [-0.25, -0.2) is 0 Å². The Labute approximate surface area is 113 Å². The van der Waals surface area contributed by atoms with Crippen molar-refractivity contribution in [2.24, 2.45) is 0 Å². The summed E-state index contributed by atoms with van der Waals surface area (Å²) in [6.07, 6.45) is 0.698. The van der Waals surface area contributed by atoms with E-state index < -0.39 is 0 Å². The highest BCUT2D eigenvalue weighted by Gasteiger charge is 2.06. The van der Waals surface area contributed by atoms with Gasteiger partial charge in [-0.1, -0.05) is 22.0 Å². The molecule has 0 aliphatic carbocycles. The van der Waals surface area contributed by atoms with Gasteiger partial charge in [-0.2, -0.15) is 5.26 Å². The number of hydrogen-bond donors (Lipinski definition) is 0. The Morgan fingerprint density at radius 2 is 2.06 bits per heavy atom. The van der Waals surface area contributed by atoms with Gasteiger partial charge in [-0.15, -0.1) is 0 Å². The molecular weight excluding hydrogens is 294 g/mol. The van der Waals surface area contributed by atoms with Gasteiger partial charge < -0.3 is 4.74 Å². The summed E-state index contributed by atoms with van der Waals surface area (Å²) in [5.41, 5.74) is 0.785. The highest BCUT2D eigenvalue weighted by Crippen LogP contribution is 2.27. The third-order valence-corrected chi connectivity index (χ3v) is 2.78. The van der Waals surface area contributed by atoms with Crippen molar-refractivity contribution < 1.29 is 9.53 Å². The molecule has 2 aromatic carbocycles. The summed E-state index contributed by atoms with van der Waals surface area (Å²) in [4.78, 5) is 10.6. The van der Waals surface area contributed by atoms with Crippen LogP contribution in [0, 0.1) is 11.3 Å². The van der Waals surface area contributed by atoms with Crippen molar-refractivity contribution in [2.75, 3.05) is 0 Å². The van der Waals surface area contributed by atoms with Crippen LogP contribution in [0.3, 0.4) is 0 Å². The number of rotatable bonds is 3. The van der Waals surface area contributed by atoms with Crippen LogP contribution in [0.1, 0.15) is 15.9 Å². The van der Waals surface area contributed by atoms with Gasteiger partial charge in [0, 0.05) is 10.0 Å². The predicted octanol–water partition coefficient (Wildman–Crippen LogP) is 3.93. The van der Waals surface area contributed by atoms with Gasteiger partial charge >= 0.3 is 0 Å². The van der Waals surface area contributed by atoms with E-state index in [0.717, 1.165) is 4.47 Å². The molecule has 0 aliphatic rings. The Hall–Kier alpha value is -2.12. The number of ether oxygens (including phenoxy) is 1. The molecule has 0 heterocycles. The number of benzene rings is 2. The van der Waals surface area contributed by atoms with Crippen LogP contribution in [0.4, 0.5) is 0 Å². The lowest BCUT2D eigenvalue weighted by atomic mass is 10.1. The maximum Gasteiger partial charge on any atom is 0.150 e. The fourth-order valence-corrected chi connectivity index (χ4v) is 1.83. The Morgan fingerprint density at radius 3 is 2.72 bits per heavy atom. The van der Waals surface area contributed by atoms with Gasteiger partial charge in [0.1, 0.15) is 23.9 Å². The average molecular weight is 302 g/mol. The number of carbonyl (C=O) groups excluding carboxylic acids is 1. The summed E-state index contributed by atoms with van der Waals surface area (Å²) in [5.74, 6) is 1.06. The molecular formula is C14H8BrNO2. The predicted molar refractivity (Wildman–Crippen MR) is 70.8 cm³/mol. The Balaban J connectivity index is 2.35. The van der Waals surface area contributed by atoms with Crippen LogP contribution >= 0.6 is 15.9 Å². The largest absolute Gasteiger partial charge is 0.456 e. The van der Waals surface area contributed by atoms with E-state index in [4.69, 9.17) is 10.00 Å². The molecule has 0 N–H and O–H groups in total. The van der Waals surface area contributed by atoms with Gasteiger partial charge in [0.05, 0.1) is 5.56 Å². The minimum Gasteiger partial charge on any atom is -0.456 e. The molecule has 3 nitrogen and oxygen atoms in total. The second-order valence-corrected chi connectivity index (χ2v) is 4.46. The lowest BCUT2D eigenvalue weighted by molar-refractivity contribution is 0.112. The molecule has 0 fully saturated rings. The molecule has 0 bridgehead atoms. The molecule has 0 unspecified atom stereocenters. The summed E-state index contributed by atoms with van der Waals surface area (Å²) in [5, 5.41) is 9.02. The van der Waals surface area contributed by atoms with Crippen molar-refractivity contribution in [1.82, 2.24) is 0 Å². The monoisotopic (exact) mass is 301 g/mol. The normalized spacial score (nSPS) is 9.56. The molecule has 2 rings (SSSR count). The number of aldehydes is 1. The van der Waals surface area contributed by atoms with E-state index in [-0.39, 0.29) is 0 Å². The first-order valence-corrected chi connectivity index (χ1v) is 5.95.